The zero-order valence-corrected chi connectivity index (χ0v) is 15.6. The lowest BCUT2D eigenvalue weighted by Crippen LogP contribution is -2.58. The lowest BCUT2D eigenvalue weighted by molar-refractivity contribution is -0.339. The number of rotatable bonds is 4. The molecule has 0 bridgehead atoms. The molecular weight excluding hydrogens is 393 g/mol. The summed E-state index contributed by atoms with van der Waals surface area (Å²) in [5.41, 5.74) is 0.466. The van der Waals surface area contributed by atoms with Crippen molar-refractivity contribution in [3.63, 3.8) is 0 Å². The first-order valence-electron chi connectivity index (χ1n) is 8.80. The van der Waals surface area contributed by atoms with Crippen molar-refractivity contribution < 1.29 is 41.7 Å². The summed E-state index contributed by atoms with van der Waals surface area (Å²) in [6.45, 7) is 3.27. The van der Waals surface area contributed by atoms with Crippen molar-refractivity contribution in [1.82, 2.24) is 0 Å². The van der Waals surface area contributed by atoms with Gasteiger partial charge in [0.25, 0.3) is 0 Å². The molecule has 3 rings (SSSR count). The molecule has 0 aromatic heterocycles. The number of alkyl halides is 3. The second-order valence-corrected chi connectivity index (χ2v) is 6.97. The molecule has 0 aliphatic carbocycles. The normalized spacial score (nSPS) is 27.2. The lowest BCUT2D eigenvalue weighted by Gasteiger charge is -2.47. The molecule has 4 atom stereocenters. The maximum absolute atomic E-state index is 12.4. The van der Waals surface area contributed by atoms with Crippen LogP contribution in [-0.4, -0.2) is 42.2 Å². The van der Waals surface area contributed by atoms with Crippen molar-refractivity contribution >= 4 is 11.9 Å². The van der Waals surface area contributed by atoms with Crippen molar-refractivity contribution in [3.05, 3.63) is 60.2 Å². The highest BCUT2D eigenvalue weighted by Crippen LogP contribution is 2.39. The minimum atomic E-state index is -4.66. The Kier molecular flexibility index (Phi) is 5.81. The SMILES string of the molecule is CC1(C)O[C@H]([C@H](OC(=O)/C=C/C(F)(F)F)c2ccccc2)[C@@H]2OC(=O)C=C[C@@H]2O1. The van der Waals surface area contributed by atoms with Gasteiger partial charge in [-0.25, -0.2) is 9.59 Å². The van der Waals surface area contributed by atoms with Gasteiger partial charge in [0.05, 0.1) is 0 Å². The summed E-state index contributed by atoms with van der Waals surface area (Å²) in [6.07, 6.45) is -5.62. The predicted molar refractivity (Wildman–Crippen MR) is 93.3 cm³/mol. The molecule has 1 fully saturated rings. The summed E-state index contributed by atoms with van der Waals surface area (Å²) in [7, 11) is 0. The molecule has 2 heterocycles. The highest BCUT2D eigenvalue weighted by Gasteiger charge is 2.50. The molecule has 0 N–H and O–H groups in total. The number of fused-ring (bicyclic) bond motifs is 1. The van der Waals surface area contributed by atoms with Crippen LogP contribution in [0, 0.1) is 0 Å². The predicted octanol–water partition coefficient (Wildman–Crippen LogP) is 3.39. The lowest BCUT2D eigenvalue weighted by atomic mass is 9.93. The van der Waals surface area contributed by atoms with Crippen LogP contribution in [0.4, 0.5) is 13.2 Å². The third-order valence-electron chi connectivity index (χ3n) is 4.24. The van der Waals surface area contributed by atoms with E-state index in [1.54, 1.807) is 44.2 Å². The third-order valence-corrected chi connectivity index (χ3v) is 4.24. The fourth-order valence-corrected chi connectivity index (χ4v) is 3.16. The molecule has 0 amide bonds. The standard InChI is InChI=1S/C20H19F3O6/c1-19(2)28-13-8-9-14(24)27-17(13)18(29-19)16(12-6-4-3-5-7-12)26-15(25)10-11-20(21,22)23/h3-11,13,16-18H,1-2H3/b11-10+/t13-,16+,17+,18+/m0/s1. The van der Waals surface area contributed by atoms with E-state index in [1.165, 1.54) is 12.2 Å². The van der Waals surface area contributed by atoms with E-state index in [1.807, 2.05) is 0 Å². The van der Waals surface area contributed by atoms with Crippen LogP contribution >= 0.6 is 0 Å². The van der Waals surface area contributed by atoms with Gasteiger partial charge in [-0.3, -0.25) is 0 Å². The molecule has 2 aliphatic heterocycles. The second kappa shape index (κ2) is 8.00. The first-order chi connectivity index (χ1) is 13.5. The molecule has 0 radical (unpaired) electrons. The Bertz CT molecular complexity index is 815. The Labute approximate surface area is 164 Å². The number of ether oxygens (including phenoxy) is 4. The first-order valence-corrected chi connectivity index (χ1v) is 8.80. The molecule has 0 spiro atoms. The van der Waals surface area contributed by atoms with Gasteiger partial charge in [0.15, 0.2) is 18.0 Å². The van der Waals surface area contributed by atoms with E-state index in [2.05, 4.69) is 0 Å². The van der Waals surface area contributed by atoms with E-state index in [-0.39, 0.29) is 6.08 Å². The van der Waals surface area contributed by atoms with Gasteiger partial charge in [0.1, 0.15) is 12.2 Å². The number of hydrogen-bond acceptors (Lipinski definition) is 6. The van der Waals surface area contributed by atoms with Crippen LogP contribution < -0.4 is 0 Å². The molecule has 1 saturated heterocycles. The number of carbonyl (C=O) groups is 2. The van der Waals surface area contributed by atoms with Crippen LogP contribution in [-0.2, 0) is 28.5 Å². The Morgan fingerprint density at radius 3 is 2.55 bits per heavy atom. The van der Waals surface area contributed by atoms with Gasteiger partial charge in [-0.15, -0.1) is 0 Å². The highest BCUT2D eigenvalue weighted by molar-refractivity contribution is 5.83. The number of benzene rings is 1. The molecule has 0 unspecified atom stereocenters. The molecule has 0 saturated carbocycles. The van der Waals surface area contributed by atoms with Gasteiger partial charge < -0.3 is 18.9 Å². The Morgan fingerprint density at radius 1 is 1.21 bits per heavy atom. The van der Waals surface area contributed by atoms with Gasteiger partial charge in [-0.2, -0.15) is 13.2 Å². The van der Waals surface area contributed by atoms with E-state index in [0.717, 1.165) is 0 Å². The van der Waals surface area contributed by atoms with Gasteiger partial charge >= 0.3 is 18.1 Å². The summed E-state index contributed by atoms with van der Waals surface area (Å²) in [5, 5.41) is 0. The van der Waals surface area contributed by atoms with E-state index < -0.39 is 48.3 Å². The Hall–Kier alpha value is -2.65. The average molecular weight is 412 g/mol. The monoisotopic (exact) mass is 412 g/mol. The summed E-state index contributed by atoms with van der Waals surface area (Å²) < 4.78 is 59.5. The summed E-state index contributed by atoms with van der Waals surface area (Å²) in [4.78, 5) is 23.8. The topological polar surface area (TPSA) is 71.1 Å². The third kappa shape index (κ3) is 5.45. The summed E-state index contributed by atoms with van der Waals surface area (Å²) in [5.74, 6) is -2.96. The molecule has 9 heteroatoms. The number of esters is 2. The number of carbonyl (C=O) groups excluding carboxylic acids is 2. The van der Waals surface area contributed by atoms with Crippen LogP contribution in [0.1, 0.15) is 25.5 Å². The van der Waals surface area contributed by atoms with E-state index in [0.29, 0.717) is 11.6 Å². The number of hydrogen-bond donors (Lipinski definition) is 0. The quantitative estimate of drug-likeness (QED) is 0.558. The smallest absolute Gasteiger partial charge is 0.410 e. The van der Waals surface area contributed by atoms with E-state index in [9.17, 15) is 22.8 Å². The molecular formula is C20H19F3O6. The molecule has 1 aromatic rings. The van der Waals surface area contributed by atoms with Crippen LogP contribution in [0.15, 0.2) is 54.6 Å². The Morgan fingerprint density at radius 2 is 1.90 bits per heavy atom. The van der Waals surface area contributed by atoms with E-state index >= 15 is 0 Å². The number of halogens is 3. The fourth-order valence-electron chi connectivity index (χ4n) is 3.16. The van der Waals surface area contributed by atoms with Crippen molar-refractivity contribution in [2.75, 3.05) is 0 Å². The summed E-state index contributed by atoms with van der Waals surface area (Å²) in [6, 6.07) is 8.35. The van der Waals surface area contributed by atoms with Crippen molar-refractivity contribution in [1.29, 1.82) is 0 Å². The summed E-state index contributed by atoms with van der Waals surface area (Å²) >= 11 is 0. The maximum Gasteiger partial charge on any atom is 0.410 e. The number of allylic oxidation sites excluding steroid dienone is 1. The average Bonchev–Trinajstić information content (AvgIpc) is 2.64. The largest absolute Gasteiger partial charge is 0.453 e. The van der Waals surface area contributed by atoms with Crippen LogP contribution in [0.25, 0.3) is 0 Å². The minimum absolute atomic E-state index is 0.210. The molecule has 156 valence electrons. The highest BCUT2D eigenvalue weighted by atomic mass is 19.4. The van der Waals surface area contributed by atoms with Crippen LogP contribution in [0.5, 0.6) is 0 Å². The molecule has 6 nitrogen and oxygen atoms in total. The van der Waals surface area contributed by atoms with Gasteiger partial charge in [0, 0.05) is 18.2 Å². The minimum Gasteiger partial charge on any atom is -0.453 e. The van der Waals surface area contributed by atoms with Crippen LogP contribution in [0.3, 0.4) is 0 Å². The molecule has 1 aromatic carbocycles. The fraction of sp³-hybridized carbons (Fsp3) is 0.400. The zero-order valence-electron chi connectivity index (χ0n) is 15.6. The van der Waals surface area contributed by atoms with Crippen molar-refractivity contribution in [3.8, 4) is 0 Å². The van der Waals surface area contributed by atoms with Crippen LogP contribution in [0.2, 0.25) is 0 Å². The first kappa shape index (κ1) is 21.1. The van der Waals surface area contributed by atoms with Crippen molar-refractivity contribution in [2.45, 2.75) is 50.2 Å². The van der Waals surface area contributed by atoms with Crippen molar-refractivity contribution in [2.24, 2.45) is 0 Å². The molecule has 2 aliphatic rings. The Balaban J connectivity index is 1.94. The second-order valence-electron chi connectivity index (χ2n) is 6.97. The zero-order chi connectivity index (χ0) is 21.2. The van der Waals surface area contributed by atoms with E-state index in [4.69, 9.17) is 18.9 Å². The van der Waals surface area contributed by atoms with Gasteiger partial charge in [-0.05, 0) is 25.5 Å². The maximum atomic E-state index is 12.4. The molecule has 29 heavy (non-hydrogen) atoms. The van der Waals surface area contributed by atoms with Gasteiger partial charge in [-0.1, -0.05) is 30.3 Å². The van der Waals surface area contributed by atoms with Gasteiger partial charge in [0.2, 0.25) is 0 Å².